The van der Waals surface area contributed by atoms with Gasteiger partial charge < -0.3 is 0 Å². The van der Waals surface area contributed by atoms with Crippen molar-refractivity contribution in [3.8, 4) is 0 Å². The number of aldehydes is 1. The number of rotatable bonds is 5. The van der Waals surface area contributed by atoms with E-state index in [-0.39, 0.29) is 0 Å². The fourth-order valence-electron chi connectivity index (χ4n) is 1.50. The largest absolute Gasteiger partial charge is 0.298 e. The molecule has 1 heteroatoms. The highest BCUT2D eigenvalue weighted by molar-refractivity contribution is 5.78. The number of benzene rings is 1. The molecule has 0 saturated carbocycles. The van der Waals surface area contributed by atoms with Gasteiger partial charge in [0.15, 0.2) is 0 Å². The minimum atomic E-state index is 0.734. The monoisotopic (exact) mass is 186 g/mol. The highest BCUT2D eigenvalue weighted by Gasteiger charge is 2.04. The molecule has 0 N–H and O–H groups in total. The van der Waals surface area contributed by atoms with Gasteiger partial charge in [0, 0.05) is 5.56 Å². The Balaban J connectivity index is 3.18. The van der Waals surface area contributed by atoms with Crippen molar-refractivity contribution >= 4 is 6.29 Å². The maximum atomic E-state index is 10.8. The van der Waals surface area contributed by atoms with Crippen LogP contribution in [0.4, 0.5) is 0 Å². The molecule has 0 aliphatic rings. The van der Waals surface area contributed by atoms with Gasteiger partial charge in [-0.05, 0) is 24.0 Å². The lowest BCUT2D eigenvalue weighted by atomic mass is 9.97. The molecule has 0 saturated heterocycles. The summed E-state index contributed by atoms with van der Waals surface area (Å²) in [6.45, 7) is 7.39. The molecule has 0 aliphatic heterocycles. The molecule has 0 aromatic heterocycles. The molecule has 1 rings (SSSR count). The summed E-state index contributed by atoms with van der Waals surface area (Å²) in [6.07, 6.45) is 6.08. The quantitative estimate of drug-likeness (QED) is 0.510. The van der Waals surface area contributed by atoms with Crippen LogP contribution in [0.2, 0.25) is 0 Å². The second kappa shape index (κ2) is 5.18. The lowest BCUT2D eigenvalue weighted by Gasteiger charge is -2.07. The molecule has 1 aromatic carbocycles. The summed E-state index contributed by atoms with van der Waals surface area (Å²) < 4.78 is 0. The van der Waals surface area contributed by atoms with Crippen LogP contribution in [-0.2, 0) is 12.8 Å². The molecule has 0 radical (unpaired) electrons. The summed E-state index contributed by atoms with van der Waals surface area (Å²) in [5.41, 5.74) is 2.98. The van der Waals surface area contributed by atoms with Crippen LogP contribution in [0.3, 0.4) is 0 Å². The van der Waals surface area contributed by atoms with Gasteiger partial charge in [-0.3, -0.25) is 4.79 Å². The van der Waals surface area contributed by atoms with E-state index in [1.54, 1.807) is 0 Å². The Morgan fingerprint density at radius 2 is 1.86 bits per heavy atom. The molecular formula is C13H14O. The third-order valence-corrected chi connectivity index (χ3v) is 2.15. The second-order valence-corrected chi connectivity index (χ2v) is 3.09. The Hall–Kier alpha value is -1.63. The van der Waals surface area contributed by atoms with E-state index in [4.69, 9.17) is 0 Å². The highest BCUT2D eigenvalue weighted by Crippen LogP contribution is 2.15. The summed E-state index contributed by atoms with van der Waals surface area (Å²) in [7, 11) is 0. The highest BCUT2D eigenvalue weighted by atomic mass is 16.1. The van der Waals surface area contributed by atoms with Gasteiger partial charge >= 0.3 is 0 Å². The van der Waals surface area contributed by atoms with Gasteiger partial charge in [0.1, 0.15) is 6.29 Å². The Kier molecular flexibility index (Phi) is 3.86. The lowest BCUT2D eigenvalue weighted by molar-refractivity contribution is 0.112. The van der Waals surface area contributed by atoms with Crippen molar-refractivity contribution in [2.45, 2.75) is 12.8 Å². The third-order valence-electron chi connectivity index (χ3n) is 2.15. The fraction of sp³-hybridized carbons (Fsp3) is 0.154. The predicted molar refractivity (Wildman–Crippen MR) is 59.6 cm³/mol. The van der Waals surface area contributed by atoms with Gasteiger partial charge in [0.2, 0.25) is 0 Å². The average Bonchev–Trinajstić information content (AvgIpc) is 2.21. The fourth-order valence-corrected chi connectivity index (χ4v) is 1.50. The standard InChI is InChI=1S/C13H14O/c1-3-6-11-8-5-9-12(10-14)13(11)7-4-2/h3-5,8-10H,1-2,6-7H2. The van der Waals surface area contributed by atoms with Gasteiger partial charge in [-0.1, -0.05) is 30.4 Å². The van der Waals surface area contributed by atoms with E-state index in [0.717, 1.165) is 35.8 Å². The number of carbonyl (C=O) groups is 1. The van der Waals surface area contributed by atoms with Gasteiger partial charge in [-0.15, -0.1) is 13.2 Å². The topological polar surface area (TPSA) is 17.1 Å². The molecule has 0 amide bonds. The molecule has 72 valence electrons. The van der Waals surface area contributed by atoms with E-state index >= 15 is 0 Å². The number of hydrogen-bond acceptors (Lipinski definition) is 1. The van der Waals surface area contributed by atoms with Gasteiger partial charge in [0.05, 0.1) is 0 Å². The summed E-state index contributed by atoms with van der Waals surface area (Å²) in [4.78, 5) is 10.8. The molecule has 0 spiro atoms. The van der Waals surface area contributed by atoms with E-state index in [0.29, 0.717) is 0 Å². The Labute approximate surface area is 84.8 Å². The third kappa shape index (κ3) is 2.19. The summed E-state index contributed by atoms with van der Waals surface area (Å²) in [6, 6.07) is 5.75. The molecule has 1 aromatic rings. The molecule has 0 bridgehead atoms. The van der Waals surface area contributed by atoms with Crippen molar-refractivity contribution in [1.29, 1.82) is 0 Å². The molecule has 1 nitrogen and oxygen atoms in total. The number of hydrogen-bond donors (Lipinski definition) is 0. The average molecular weight is 186 g/mol. The Morgan fingerprint density at radius 1 is 1.14 bits per heavy atom. The van der Waals surface area contributed by atoms with Crippen LogP contribution in [0.25, 0.3) is 0 Å². The van der Waals surface area contributed by atoms with Crippen molar-refractivity contribution in [3.63, 3.8) is 0 Å². The SMILES string of the molecule is C=CCc1cccc(C=O)c1CC=C. The molecular weight excluding hydrogens is 172 g/mol. The van der Waals surface area contributed by atoms with Gasteiger partial charge in [-0.2, -0.15) is 0 Å². The van der Waals surface area contributed by atoms with Crippen LogP contribution < -0.4 is 0 Å². The van der Waals surface area contributed by atoms with E-state index in [1.807, 2.05) is 30.4 Å². The van der Waals surface area contributed by atoms with Crippen molar-refractivity contribution in [1.82, 2.24) is 0 Å². The summed E-state index contributed by atoms with van der Waals surface area (Å²) >= 11 is 0. The maximum absolute atomic E-state index is 10.8. The van der Waals surface area contributed by atoms with Gasteiger partial charge in [0.25, 0.3) is 0 Å². The van der Waals surface area contributed by atoms with Crippen molar-refractivity contribution in [2.75, 3.05) is 0 Å². The Morgan fingerprint density at radius 3 is 2.43 bits per heavy atom. The number of carbonyl (C=O) groups excluding carboxylic acids is 1. The first-order valence-corrected chi connectivity index (χ1v) is 4.61. The van der Waals surface area contributed by atoms with Crippen LogP contribution in [0.1, 0.15) is 21.5 Å². The maximum Gasteiger partial charge on any atom is 0.150 e. The van der Waals surface area contributed by atoms with Crippen LogP contribution in [0.5, 0.6) is 0 Å². The van der Waals surface area contributed by atoms with E-state index < -0.39 is 0 Å². The van der Waals surface area contributed by atoms with Gasteiger partial charge in [-0.25, -0.2) is 0 Å². The summed E-state index contributed by atoms with van der Waals surface area (Å²) in [5, 5.41) is 0. The molecule has 0 unspecified atom stereocenters. The summed E-state index contributed by atoms with van der Waals surface area (Å²) in [5.74, 6) is 0. The van der Waals surface area contributed by atoms with Crippen LogP contribution in [0.15, 0.2) is 43.5 Å². The van der Waals surface area contributed by atoms with Crippen LogP contribution in [-0.4, -0.2) is 6.29 Å². The lowest BCUT2D eigenvalue weighted by Crippen LogP contribution is -1.97. The molecule has 0 heterocycles. The first-order chi connectivity index (χ1) is 6.83. The smallest absolute Gasteiger partial charge is 0.150 e. The molecule has 14 heavy (non-hydrogen) atoms. The van der Waals surface area contributed by atoms with Crippen molar-refractivity contribution in [2.24, 2.45) is 0 Å². The normalized spacial score (nSPS) is 9.43. The first-order valence-electron chi connectivity index (χ1n) is 4.61. The van der Waals surface area contributed by atoms with E-state index in [9.17, 15) is 4.79 Å². The zero-order valence-electron chi connectivity index (χ0n) is 8.20. The number of allylic oxidation sites excluding steroid dienone is 2. The predicted octanol–water partition coefficient (Wildman–Crippen LogP) is 2.96. The van der Waals surface area contributed by atoms with Crippen molar-refractivity contribution in [3.05, 3.63) is 60.2 Å². The van der Waals surface area contributed by atoms with E-state index in [2.05, 4.69) is 13.2 Å². The van der Waals surface area contributed by atoms with Crippen LogP contribution >= 0.6 is 0 Å². The zero-order valence-corrected chi connectivity index (χ0v) is 8.20. The zero-order chi connectivity index (χ0) is 10.4. The minimum Gasteiger partial charge on any atom is -0.298 e. The Bertz CT molecular complexity index is 350. The molecule has 0 fully saturated rings. The van der Waals surface area contributed by atoms with E-state index in [1.165, 1.54) is 0 Å². The molecule has 0 atom stereocenters. The van der Waals surface area contributed by atoms with Crippen molar-refractivity contribution < 1.29 is 4.79 Å². The molecule has 0 aliphatic carbocycles. The first kappa shape index (κ1) is 10.5. The minimum absolute atomic E-state index is 0.734. The second-order valence-electron chi connectivity index (χ2n) is 3.09. The van der Waals surface area contributed by atoms with Crippen LogP contribution in [0, 0.1) is 0 Å².